The minimum Gasteiger partial charge on any atom is -0.322 e. The van der Waals surface area contributed by atoms with Crippen molar-refractivity contribution in [2.24, 2.45) is 5.84 Å². The highest BCUT2D eigenvalue weighted by Crippen LogP contribution is 2.19. The second kappa shape index (κ2) is 13.1. The first-order chi connectivity index (χ1) is 20.9. The number of nitrogens with one attached hydrogen (secondary N) is 3. The average molecular weight is 570 g/mol. The Kier molecular flexibility index (Phi) is 8.65. The van der Waals surface area contributed by atoms with Gasteiger partial charge in [0.25, 0.3) is 23.6 Å². The van der Waals surface area contributed by atoms with E-state index in [2.05, 4.69) is 16.0 Å². The lowest BCUT2D eigenvalue weighted by Gasteiger charge is -2.16. The van der Waals surface area contributed by atoms with Gasteiger partial charge in [0.2, 0.25) is 0 Å². The molecule has 43 heavy (non-hydrogen) atoms. The number of benzene rings is 5. The predicted molar refractivity (Wildman–Crippen MR) is 167 cm³/mol. The number of anilines is 4. The number of carbonyl (C=O) groups is 4. The van der Waals surface area contributed by atoms with Gasteiger partial charge in [-0.05, 0) is 91.0 Å². The van der Waals surface area contributed by atoms with Gasteiger partial charge >= 0.3 is 0 Å². The van der Waals surface area contributed by atoms with E-state index in [1.54, 1.807) is 84.9 Å². The summed E-state index contributed by atoms with van der Waals surface area (Å²) < 4.78 is 0. The number of carbonyl (C=O) groups excluding carboxylic acids is 4. The summed E-state index contributed by atoms with van der Waals surface area (Å²) in [6.45, 7) is 0. The topological polar surface area (TPSA) is 134 Å². The van der Waals surface area contributed by atoms with E-state index in [1.807, 2.05) is 24.3 Å². The first-order valence-electron chi connectivity index (χ1n) is 13.3. The number of nitrogens with two attached hydrogens (primary N) is 1. The van der Waals surface area contributed by atoms with Crippen molar-refractivity contribution in [3.63, 3.8) is 0 Å². The highest BCUT2D eigenvalue weighted by atomic mass is 16.2. The largest absolute Gasteiger partial charge is 0.322 e. The van der Waals surface area contributed by atoms with Crippen molar-refractivity contribution < 1.29 is 19.2 Å². The molecular weight excluding hydrogens is 542 g/mol. The zero-order valence-electron chi connectivity index (χ0n) is 22.9. The summed E-state index contributed by atoms with van der Waals surface area (Å²) in [6.07, 6.45) is 0. The van der Waals surface area contributed by atoms with Gasteiger partial charge in [0.15, 0.2) is 0 Å². The summed E-state index contributed by atoms with van der Waals surface area (Å²) in [6, 6.07) is 37.1. The van der Waals surface area contributed by atoms with Crippen LogP contribution in [-0.2, 0) is 0 Å². The fraction of sp³-hybridized carbons (Fsp3) is 0. The van der Waals surface area contributed by atoms with E-state index in [1.165, 1.54) is 24.3 Å². The number of hydrazine groups is 1. The molecule has 0 aliphatic carbocycles. The highest BCUT2D eigenvalue weighted by molar-refractivity contribution is 6.09. The summed E-state index contributed by atoms with van der Waals surface area (Å²) in [5.74, 6) is 4.51. The summed E-state index contributed by atoms with van der Waals surface area (Å²) in [7, 11) is 0. The van der Waals surface area contributed by atoms with E-state index in [0.717, 1.165) is 5.01 Å². The van der Waals surface area contributed by atoms with E-state index in [0.29, 0.717) is 45.0 Å². The van der Waals surface area contributed by atoms with Crippen molar-refractivity contribution in [1.29, 1.82) is 0 Å². The van der Waals surface area contributed by atoms with Crippen LogP contribution in [0.4, 0.5) is 22.7 Å². The smallest absolute Gasteiger partial charge is 0.272 e. The van der Waals surface area contributed by atoms with Gasteiger partial charge in [-0.25, -0.2) is 10.9 Å². The van der Waals surface area contributed by atoms with Crippen LogP contribution in [0.25, 0.3) is 0 Å². The quantitative estimate of drug-likeness (QED) is 0.104. The normalized spacial score (nSPS) is 10.3. The van der Waals surface area contributed by atoms with Gasteiger partial charge in [0.1, 0.15) is 0 Å². The van der Waals surface area contributed by atoms with E-state index >= 15 is 0 Å². The zero-order valence-corrected chi connectivity index (χ0v) is 22.9. The van der Waals surface area contributed by atoms with Crippen LogP contribution >= 0.6 is 0 Å². The molecule has 0 saturated carbocycles. The van der Waals surface area contributed by atoms with E-state index in [4.69, 9.17) is 5.84 Å². The molecule has 0 saturated heterocycles. The van der Waals surface area contributed by atoms with Crippen LogP contribution in [0.15, 0.2) is 133 Å². The molecule has 0 aliphatic heterocycles. The van der Waals surface area contributed by atoms with Gasteiger partial charge in [0, 0.05) is 39.3 Å². The van der Waals surface area contributed by atoms with Crippen LogP contribution in [-0.4, -0.2) is 23.6 Å². The lowest BCUT2D eigenvalue weighted by atomic mass is 10.1. The molecule has 0 spiro atoms. The number of hydrogen-bond acceptors (Lipinski definition) is 5. The predicted octanol–water partition coefficient (Wildman–Crippen LogP) is 5.96. The molecule has 5 rings (SSSR count). The van der Waals surface area contributed by atoms with Crippen LogP contribution in [0.1, 0.15) is 41.4 Å². The fourth-order valence-electron chi connectivity index (χ4n) is 4.19. The van der Waals surface area contributed by atoms with Crippen molar-refractivity contribution in [3.05, 3.63) is 156 Å². The second-order valence-electron chi connectivity index (χ2n) is 9.47. The van der Waals surface area contributed by atoms with Crippen molar-refractivity contribution in [2.45, 2.75) is 0 Å². The minimum atomic E-state index is -0.410. The van der Waals surface area contributed by atoms with Gasteiger partial charge in [-0.2, -0.15) is 0 Å². The number of hydrogen-bond donors (Lipinski definition) is 4. The fourth-order valence-corrected chi connectivity index (χ4v) is 4.19. The molecule has 0 unspecified atom stereocenters. The lowest BCUT2D eigenvalue weighted by Crippen LogP contribution is -2.37. The Balaban J connectivity index is 1.18. The summed E-state index contributed by atoms with van der Waals surface area (Å²) in [4.78, 5) is 50.9. The minimum absolute atomic E-state index is 0.281. The monoisotopic (exact) mass is 569 g/mol. The maximum absolute atomic E-state index is 12.9. The van der Waals surface area contributed by atoms with Crippen molar-refractivity contribution in [3.8, 4) is 0 Å². The molecule has 0 fully saturated rings. The molecule has 4 amide bonds. The average Bonchev–Trinajstić information content (AvgIpc) is 3.05. The van der Waals surface area contributed by atoms with E-state index in [-0.39, 0.29) is 17.7 Å². The third kappa shape index (κ3) is 7.18. The molecule has 0 aliphatic rings. The molecule has 0 radical (unpaired) electrons. The molecule has 0 aromatic heterocycles. The molecule has 5 aromatic carbocycles. The molecule has 0 atom stereocenters. The van der Waals surface area contributed by atoms with Crippen molar-refractivity contribution in [2.75, 3.05) is 21.0 Å². The SMILES string of the molecule is NN(C(=O)c1ccc(C(=O)Nc2cccc(NC(=O)c3ccc(C(=O)Nc4ccccc4)cc3)c2)cc1)c1ccccc1. The Bertz CT molecular complexity index is 1760. The lowest BCUT2D eigenvalue weighted by molar-refractivity contribution is 0.0982. The molecule has 0 bridgehead atoms. The number of nitrogens with zero attached hydrogens (tertiary/aromatic N) is 1. The maximum Gasteiger partial charge on any atom is 0.272 e. The Morgan fingerprint density at radius 2 is 0.814 bits per heavy atom. The zero-order chi connectivity index (χ0) is 30.2. The Morgan fingerprint density at radius 3 is 1.28 bits per heavy atom. The Morgan fingerprint density at radius 1 is 0.442 bits per heavy atom. The standard InChI is InChI=1S/C34H27N5O4/c35-39(30-12-5-2-6-13-30)34(43)26-20-18-25(19-21-26)33(42)38-29-11-7-10-28(22-29)37-32(41)24-16-14-23(15-17-24)31(40)36-27-8-3-1-4-9-27/h1-22H,35H2,(H,36,40)(H,37,41)(H,38,42). The Labute approximate surface area is 247 Å². The molecule has 5 aromatic rings. The van der Waals surface area contributed by atoms with Crippen LogP contribution in [0.5, 0.6) is 0 Å². The number of rotatable bonds is 8. The first kappa shape index (κ1) is 28.5. The third-order valence-electron chi connectivity index (χ3n) is 6.47. The molecular formula is C34H27N5O4. The number of para-hydroxylation sites is 2. The van der Waals surface area contributed by atoms with Gasteiger partial charge in [-0.1, -0.05) is 42.5 Å². The summed E-state index contributed by atoms with van der Waals surface area (Å²) in [5, 5.41) is 9.44. The molecule has 0 heterocycles. The molecule has 9 nitrogen and oxygen atoms in total. The van der Waals surface area contributed by atoms with Gasteiger partial charge in [0.05, 0.1) is 5.69 Å². The number of amides is 4. The van der Waals surface area contributed by atoms with Crippen LogP contribution in [0.3, 0.4) is 0 Å². The third-order valence-corrected chi connectivity index (χ3v) is 6.47. The van der Waals surface area contributed by atoms with E-state index < -0.39 is 5.91 Å². The second-order valence-corrected chi connectivity index (χ2v) is 9.47. The van der Waals surface area contributed by atoms with E-state index in [9.17, 15) is 19.2 Å². The summed E-state index contributed by atoms with van der Waals surface area (Å²) in [5.41, 5.74) is 3.61. The Hall–Kier alpha value is -6.06. The van der Waals surface area contributed by atoms with Crippen LogP contribution in [0, 0.1) is 0 Å². The van der Waals surface area contributed by atoms with Gasteiger partial charge in [-0.15, -0.1) is 0 Å². The maximum atomic E-state index is 12.9. The molecule has 5 N–H and O–H groups in total. The van der Waals surface area contributed by atoms with Crippen molar-refractivity contribution >= 4 is 46.4 Å². The molecule has 212 valence electrons. The highest BCUT2D eigenvalue weighted by Gasteiger charge is 2.16. The molecule has 9 heteroatoms. The first-order valence-corrected chi connectivity index (χ1v) is 13.3. The van der Waals surface area contributed by atoms with Gasteiger partial charge in [-0.3, -0.25) is 19.2 Å². The van der Waals surface area contributed by atoms with Gasteiger partial charge < -0.3 is 16.0 Å². The van der Waals surface area contributed by atoms with Crippen molar-refractivity contribution in [1.82, 2.24) is 0 Å². The van der Waals surface area contributed by atoms with Crippen LogP contribution in [0.2, 0.25) is 0 Å². The summed E-state index contributed by atoms with van der Waals surface area (Å²) >= 11 is 0. The van der Waals surface area contributed by atoms with Crippen LogP contribution < -0.4 is 26.8 Å².